The first-order valence-electron chi connectivity index (χ1n) is 7.97. The summed E-state index contributed by atoms with van der Waals surface area (Å²) in [6.45, 7) is 4.28. The van der Waals surface area contributed by atoms with Gasteiger partial charge in [0.05, 0.1) is 6.04 Å². The number of piperazine rings is 1. The van der Waals surface area contributed by atoms with Crippen LogP contribution in [0.15, 0.2) is 42.7 Å². The van der Waals surface area contributed by atoms with Crippen LogP contribution in [0.2, 0.25) is 0 Å². The van der Waals surface area contributed by atoms with E-state index in [0.29, 0.717) is 37.7 Å². The Morgan fingerprint density at radius 1 is 1.12 bits per heavy atom. The fourth-order valence-corrected chi connectivity index (χ4v) is 2.74. The average Bonchev–Trinajstić information content (AvgIpc) is 2.63. The maximum Gasteiger partial charge on any atom is 0.317 e. The summed E-state index contributed by atoms with van der Waals surface area (Å²) >= 11 is 0. The number of nitrogens with zero attached hydrogens (tertiary/aromatic N) is 4. The lowest BCUT2D eigenvalue weighted by Crippen LogP contribution is -2.52. The fourth-order valence-electron chi connectivity index (χ4n) is 2.74. The Bertz CT molecular complexity index is 688. The third-order valence-electron chi connectivity index (χ3n) is 4.11. The molecule has 2 amide bonds. The van der Waals surface area contributed by atoms with Crippen LogP contribution in [0.25, 0.3) is 0 Å². The van der Waals surface area contributed by atoms with E-state index in [1.165, 1.54) is 6.07 Å². The average molecular weight is 329 g/mol. The summed E-state index contributed by atoms with van der Waals surface area (Å²) in [6, 6.07) is 7.70. The Morgan fingerprint density at radius 3 is 2.46 bits per heavy atom. The Kier molecular flexibility index (Phi) is 4.88. The van der Waals surface area contributed by atoms with Crippen LogP contribution in [0.1, 0.15) is 18.5 Å². The van der Waals surface area contributed by atoms with E-state index in [1.54, 1.807) is 48.5 Å². The number of carbonyl (C=O) groups is 1. The van der Waals surface area contributed by atoms with Crippen molar-refractivity contribution in [1.82, 2.24) is 20.2 Å². The van der Waals surface area contributed by atoms with Gasteiger partial charge in [0.1, 0.15) is 5.82 Å². The molecule has 1 N–H and O–H groups in total. The van der Waals surface area contributed by atoms with Gasteiger partial charge in [0.15, 0.2) is 0 Å². The largest absolute Gasteiger partial charge is 0.337 e. The first-order chi connectivity index (χ1) is 11.6. The van der Waals surface area contributed by atoms with E-state index in [0.717, 1.165) is 0 Å². The molecule has 1 aromatic carbocycles. The summed E-state index contributed by atoms with van der Waals surface area (Å²) in [5.41, 5.74) is 0.488. The van der Waals surface area contributed by atoms with Gasteiger partial charge < -0.3 is 15.1 Å². The number of benzene rings is 1. The highest BCUT2D eigenvalue weighted by Gasteiger charge is 2.24. The zero-order chi connectivity index (χ0) is 16.9. The molecule has 3 rings (SSSR count). The minimum Gasteiger partial charge on any atom is -0.337 e. The number of nitrogens with one attached hydrogen (secondary N) is 1. The molecule has 126 valence electrons. The number of hydrogen-bond donors (Lipinski definition) is 1. The van der Waals surface area contributed by atoms with Crippen molar-refractivity contribution in [2.45, 2.75) is 13.0 Å². The lowest BCUT2D eigenvalue weighted by molar-refractivity contribution is 0.190. The van der Waals surface area contributed by atoms with E-state index < -0.39 is 0 Å². The van der Waals surface area contributed by atoms with Crippen molar-refractivity contribution in [2.75, 3.05) is 31.1 Å². The molecule has 2 aromatic rings. The van der Waals surface area contributed by atoms with E-state index in [1.807, 2.05) is 4.90 Å². The van der Waals surface area contributed by atoms with Gasteiger partial charge in [-0.05, 0) is 19.1 Å². The molecule has 0 unspecified atom stereocenters. The predicted octanol–water partition coefficient (Wildman–Crippen LogP) is 2.21. The molecule has 24 heavy (non-hydrogen) atoms. The van der Waals surface area contributed by atoms with Crippen LogP contribution in [-0.2, 0) is 0 Å². The number of carbonyl (C=O) groups excluding carboxylic acids is 1. The monoisotopic (exact) mass is 329 g/mol. The van der Waals surface area contributed by atoms with Gasteiger partial charge in [-0.15, -0.1) is 0 Å². The molecule has 0 bridgehead atoms. The summed E-state index contributed by atoms with van der Waals surface area (Å²) in [7, 11) is 0. The van der Waals surface area contributed by atoms with Crippen LogP contribution in [-0.4, -0.2) is 47.1 Å². The normalized spacial score (nSPS) is 15.9. The Hall–Kier alpha value is -2.70. The molecule has 7 heteroatoms. The molecule has 0 spiro atoms. The number of aromatic nitrogens is 2. The minimum absolute atomic E-state index is 0.181. The standard InChI is InChI=1S/C17H20FN5O/c1-13(14-5-2-3-6-15(14)18)21-17(24)23-11-9-22(10-12-23)16-19-7-4-8-20-16/h2-8,13H,9-12H2,1H3,(H,21,24)/t13-/m1/s1. The molecule has 0 aliphatic carbocycles. The first-order valence-corrected chi connectivity index (χ1v) is 7.97. The number of halogens is 1. The maximum atomic E-state index is 13.8. The SMILES string of the molecule is C[C@@H](NC(=O)N1CCN(c2ncccn2)CC1)c1ccccc1F. The number of anilines is 1. The zero-order valence-electron chi connectivity index (χ0n) is 13.5. The second-order valence-electron chi connectivity index (χ2n) is 5.72. The molecule has 0 radical (unpaired) electrons. The van der Waals surface area contributed by atoms with Crippen LogP contribution >= 0.6 is 0 Å². The Labute approximate surface area is 140 Å². The van der Waals surface area contributed by atoms with Crippen molar-refractivity contribution in [3.8, 4) is 0 Å². The quantitative estimate of drug-likeness (QED) is 0.938. The van der Waals surface area contributed by atoms with Gasteiger partial charge >= 0.3 is 6.03 Å². The third-order valence-corrected chi connectivity index (χ3v) is 4.11. The zero-order valence-corrected chi connectivity index (χ0v) is 13.5. The topological polar surface area (TPSA) is 61.4 Å². The van der Waals surface area contributed by atoms with Crippen LogP contribution < -0.4 is 10.2 Å². The molecule has 1 aliphatic heterocycles. The summed E-state index contributed by atoms with van der Waals surface area (Å²) in [6.07, 6.45) is 3.41. The second-order valence-corrected chi connectivity index (χ2v) is 5.72. The lowest BCUT2D eigenvalue weighted by Gasteiger charge is -2.35. The summed E-state index contributed by atoms with van der Waals surface area (Å²) in [4.78, 5) is 24.6. The molecule has 0 saturated carbocycles. The maximum absolute atomic E-state index is 13.8. The van der Waals surface area contributed by atoms with E-state index in [9.17, 15) is 9.18 Å². The van der Waals surface area contributed by atoms with Crippen molar-refractivity contribution >= 4 is 12.0 Å². The summed E-state index contributed by atoms with van der Waals surface area (Å²) in [5.74, 6) is 0.369. The fraction of sp³-hybridized carbons (Fsp3) is 0.353. The van der Waals surface area contributed by atoms with Gasteiger partial charge in [0, 0.05) is 44.1 Å². The highest BCUT2D eigenvalue weighted by molar-refractivity contribution is 5.75. The van der Waals surface area contributed by atoms with Crippen molar-refractivity contribution in [3.63, 3.8) is 0 Å². The van der Waals surface area contributed by atoms with Crippen molar-refractivity contribution in [2.24, 2.45) is 0 Å². The lowest BCUT2D eigenvalue weighted by atomic mass is 10.1. The van der Waals surface area contributed by atoms with Crippen LogP contribution in [0.5, 0.6) is 0 Å². The van der Waals surface area contributed by atoms with Gasteiger partial charge in [-0.3, -0.25) is 0 Å². The van der Waals surface area contributed by atoms with Crippen molar-refractivity contribution < 1.29 is 9.18 Å². The number of rotatable bonds is 3. The summed E-state index contributed by atoms with van der Waals surface area (Å²) < 4.78 is 13.8. The molecular formula is C17H20FN5O. The van der Waals surface area contributed by atoms with E-state index in [2.05, 4.69) is 15.3 Å². The Morgan fingerprint density at radius 2 is 1.79 bits per heavy atom. The third kappa shape index (κ3) is 3.61. The van der Waals surface area contributed by atoms with Gasteiger partial charge in [-0.25, -0.2) is 19.2 Å². The van der Waals surface area contributed by atoms with Gasteiger partial charge in [-0.2, -0.15) is 0 Å². The molecule has 1 atom stereocenters. The highest BCUT2D eigenvalue weighted by Crippen LogP contribution is 2.17. The molecule has 6 nitrogen and oxygen atoms in total. The molecule has 1 saturated heterocycles. The van der Waals surface area contributed by atoms with E-state index in [4.69, 9.17) is 0 Å². The predicted molar refractivity (Wildman–Crippen MR) is 89.2 cm³/mol. The van der Waals surface area contributed by atoms with E-state index >= 15 is 0 Å². The molecular weight excluding hydrogens is 309 g/mol. The van der Waals surface area contributed by atoms with Gasteiger partial charge in [-0.1, -0.05) is 18.2 Å². The van der Waals surface area contributed by atoms with Gasteiger partial charge in [0.25, 0.3) is 0 Å². The molecule has 1 fully saturated rings. The van der Waals surface area contributed by atoms with Gasteiger partial charge in [0.2, 0.25) is 5.95 Å². The first kappa shape index (κ1) is 16.2. The Balaban J connectivity index is 1.55. The van der Waals surface area contributed by atoms with Crippen LogP contribution in [0.4, 0.5) is 15.1 Å². The van der Waals surface area contributed by atoms with Crippen LogP contribution in [0, 0.1) is 5.82 Å². The summed E-state index contributed by atoms with van der Waals surface area (Å²) in [5, 5.41) is 2.86. The van der Waals surface area contributed by atoms with Crippen molar-refractivity contribution in [3.05, 3.63) is 54.1 Å². The molecule has 1 aromatic heterocycles. The highest BCUT2D eigenvalue weighted by atomic mass is 19.1. The van der Waals surface area contributed by atoms with Crippen molar-refractivity contribution in [1.29, 1.82) is 0 Å². The molecule has 1 aliphatic rings. The number of amides is 2. The molecule has 2 heterocycles. The minimum atomic E-state index is -0.380. The number of hydrogen-bond acceptors (Lipinski definition) is 4. The smallest absolute Gasteiger partial charge is 0.317 e. The second kappa shape index (κ2) is 7.25. The van der Waals surface area contributed by atoms with E-state index in [-0.39, 0.29) is 17.9 Å². The number of urea groups is 1. The van der Waals surface area contributed by atoms with Crippen LogP contribution in [0.3, 0.4) is 0 Å².